The fraction of sp³-hybridized carbons (Fsp3) is 0.480. The molecule has 3 fully saturated rings. The highest BCUT2D eigenvalue weighted by molar-refractivity contribution is 5.96. The molecule has 3 aliphatic heterocycles. The van der Waals surface area contributed by atoms with Crippen LogP contribution in [0.1, 0.15) is 41.6 Å². The van der Waals surface area contributed by atoms with Gasteiger partial charge in [0.15, 0.2) is 5.65 Å². The van der Waals surface area contributed by atoms with E-state index in [9.17, 15) is 4.79 Å². The zero-order valence-electron chi connectivity index (χ0n) is 18.2. The Balaban J connectivity index is 1.17. The third-order valence-electron chi connectivity index (χ3n) is 7.29. The Kier molecular flexibility index (Phi) is 4.96. The molecule has 1 amide bonds. The van der Waals surface area contributed by atoms with Gasteiger partial charge in [0.05, 0.1) is 30.6 Å². The molecule has 5 heterocycles. The second-order valence-corrected chi connectivity index (χ2v) is 9.54. The summed E-state index contributed by atoms with van der Waals surface area (Å²) in [6, 6.07) is 13.4. The molecule has 3 atom stereocenters. The van der Waals surface area contributed by atoms with Crippen molar-refractivity contribution < 1.29 is 9.53 Å². The number of carbonyl (C=O) groups is 1. The lowest BCUT2D eigenvalue weighted by Gasteiger charge is -2.47. The Morgan fingerprint density at radius 1 is 1.16 bits per heavy atom. The maximum Gasteiger partial charge on any atom is 0.255 e. The Morgan fingerprint density at radius 2 is 1.97 bits per heavy atom. The molecule has 1 spiro atoms. The average Bonchev–Trinajstić information content (AvgIpc) is 3.39. The van der Waals surface area contributed by atoms with Gasteiger partial charge in [-0.2, -0.15) is 0 Å². The molecule has 166 valence electrons. The Hall–Kier alpha value is -2.77. The van der Waals surface area contributed by atoms with Gasteiger partial charge in [0, 0.05) is 31.4 Å². The summed E-state index contributed by atoms with van der Waals surface area (Å²) in [5.74, 6) is 0.0341. The van der Waals surface area contributed by atoms with Gasteiger partial charge in [0.2, 0.25) is 0 Å². The van der Waals surface area contributed by atoms with Crippen LogP contribution in [-0.4, -0.2) is 62.7 Å². The predicted molar refractivity (Wildman–Crippen MR) is 121 cm³/mol. The zero-order valence-corrected chi connectivity index (χ0v) is 18.2. The maximum atomic E-state index is 13.3. The topological polar surface area (TPSA) is 72.3 Å². The number of rotatable bonds is 4. The number of aromatic nitrogens is 3. The van der Waals surface area contributed by atoms with Crippen molar-refractivity contribution in [1.29, 1.82) is 0 Å². The van der Waals surface area contributed by atoms with Crippen LogP contribution < -0.4 is 5.32 Å². The largest absolute Gasteiger partial charge is 0.371 e. The molecule has 3 saturated heterocycles. The molecule has 1 unspecified atom stereocenters. The quantitative estimate of drug-likeness (QED) is 0.688. The molecular formula is C25H29N5O2. The van der Waals surface area contributed by atoms with Crippen LogP contribution in [-0.2, 0) is 17.7 Å². The third-order valence-corrected chi connectivity index (χ3v) is 7.29. The molecule has 7 heteroatoms. The van der Waals surface area contributed by atoms with Crippen molar-refractivity contribution >= 4 is 17.1 Å². The number of amides is 1. The molecule has 0 radical (unpaired) electrons. The summed E-state index contributed by atoms with van der Waals surface area (Å²) in [4.78, 5) is 24.5. The monoisotopic (exact) mass is 431 g/mol. The van der Waals surface area contributed by atoms with Gasteiger partial charge >= 0.3 is 0 Å². The number of benzene rings is 1. The van der Waals surface area contributed by atoms with Gasteiger partial charge in [-0.3, -0.25) is 4.79 Å². The minimum absolute atomic E-state index is 0.0341. The smallest absolute Gasteiger partial charge is 0.255 e. The SMILES string of the molecule is O=C(c1cnc2c(c1)ncn2CCc1ccccc1)N1CCOC2(C[C@H]3CC[C@@H](C2)N3)C1. The van der Waals surface area contributed by atoms with Crippen molar-refractivity contribution in [2.24, 2.45) is 0 Å². The molecule has 7 nitrogen and oxygen atoms in total. The summed E-state index contributed by atoms with van der Waals surface area (Å²) in [6.07, 6.45) is 8.88. The van der Waals surface area contributed by atoms with E-state index in [0.717, 1.165) is 37.0 Å². The molecule has 0 saturated carbocycles. The van der Waals surface area contributed by atoms with Crippen molar-refractivity contribution in [2.45, 2.75) is 56.3 Å². The number of fused-ring (bicyclic) bond motifs is 3. The predicted octanol–water partition coefficient (Wildman–Crippen LogP) is 2.80. The number of nitrogens with zero attached hydrogens (tertiary/aromatic N) is 4. The first kappa shape index (κ1) is 19.9. The number of ether oxygens (including phenoxy) is 1. The van der Waals surface area contributed by atoms with E-state index >= 15 is 0 Å². The highest BCUT2D eigenvalue weighted by Gasteiger charge is 2.47. The second-order valence-electron chi connectivity index (χ2n) is 9.54. The molecule has 0 aliphatic carbocycles. The van der Waals surface area contributed by atoms with Crippen LogP contribution in [0.4, 0.5) is 0 Å². The number of carbonyl (C=O) groups excluding carboxylic acids is 1. The number of hydrogen-bond donors (Lipinski definition) is 1. The van der Waals surface area contributed by atoms with Crippen molar-refractivity contribution in [3.63, 3.8) is 0 Å². The first-order valence-electron chi connectivity index (χ1n) is 11.7. The average molecular weight is 432 g/mol. The number of nitrogens with one attached hydrogen (secondary N) is 1. The van der Waals surface area contributed by atoms with E-state index in [4.69, 9.17) is 4.74 Å². The maximum absolute atomic E-state index is 13.3. The summed E-state index contributed by atoms with van der Waals surface area (Å²) < 4.78 is 8.34. The number of imidazole rings is 1. The first-order chi connectivity index (χ1) is 15.7. The number of aryl methyl sites for hydroxylation is 2. The van der Waals surface area contributed by atoms with E-state index in [1.54, 1.807) is 6.20 Å². The van der Waals surface area contributed by atoms with Gasteiger partial charge in [0.25, 0.3) is 5.91 Å². The van der Waals surface area contributed by atoms with E-state index in [0.29, 0.717) is 37.3 Å². The lowest BCUT2D eigenvalue weighted by Crippen LogP contribution is -2.60. The Labute approximate surface area is 187 Å². The molecule has 1 N–H and O–H groups in total. The van der Waals surface area contributed by atoms with Gasteiger partial charge in [-0.25, -0.2) is 9.97 Å². The van der Waals surface area contributed by atoms with Crippen LogP contribution in [0.25, 0.3) is 11.2 Å². The van der Waals surface area contributed by atoms with Crippen LogP contribution in [0.5, 0.6) is 0 Å². The molecule has 32 heavy (non-hydrogen) atoms. The minimum atomic E-state index is -0.193. The van der Waals surface area contributed by atoms with Gasteiger partial charge in [-0.1, -0.05) is 30.3 Å². The highest BCUT2D eigenvalue weighted by Crippen LogP contribution is 2.38. The van der Waals surface area contributed by atoms with E-state index in [-0.39, 0.29) is 11.5 Å². The summed E-state index contributed by atoms with van der Waals surface area (Å²) in [5, 5.41) is 3.68. The summed E-state index contributed by atoms with van der Waals surface area (Å²) in [5.41, 5.74) is 3.30. The van der Waals surface area contributed by atoms with Crippen LogP contribution in [0.2, 0.25) is 0 Å². The Bertz CT molecular complexity index is 1120. The van der Waals surface area contributed by atoms with Crippen LogP contribution >= 0.6 is 0 Å². The summed E-state index contributed by atoms with van der Waals surface area (Å²) >= 11 is 0. The fourth-order valence-electron chi connectivity index (χ4n) is 5.78. The van der Waals surface area contributed by atoms with Gasteiger partial charge in [0.1, 0.15) is 5.52 Å². The molecule has 1 aromatic carbocycles. The number of morpholine rings is 1. The van der Waals surface area contributed by atoms with E-state index in [1.807, 2.05) is 23.4 Å². The molecule has 2 bridgehead atoms. The number of piperidine rings is 1. The standard InChI is InChI=1S/C25H29N5O2/c31-24(29-10-11-32-25(16-29)13-20-6-7-21(14-25)28-20)19-12-22-23(26-15-19)30(17-27-22)9-8-18-4-2-1-3-5-18/h1-5,12,15,17,20-21,28H,6-11,13-14,16H2/t20-,21+,25?. The molecule has 3 aromatic rings. The number of hydrogen-bond acceptors (Lipinski definition) is 5. The zero-order chi connectivity index (χ0) is 21.5. The molecule has 6 rings (SSSR count). The minimum Gasteiger partial charge on any atom is -0.371 e. The summed E-state index contributed by atoms with van der Waals surface area (Å²) in [7, 11) is 0. The number of pyridine rings is 1. The van der Waals surface area contributed by atoms with Crippen molar-refractivity contribution in [2.75, 3.05) is 19.7 Å². The second kappa shape index (κ2) is 7.98. The molecule has 2 aromatic heterocycles. The van der Waals surface area contributed by atoms with Crippen LogP contribution in [0.15, 0.2) is 48.9 Å². The van der Waals surface area contributed by atoms with E-state index in [1.165, 1.54) is 18.4 Å². The van der Waals surface area contributed by atoms with E-state index < -0.39 is 0 Å². The Morgan fingerprint density at radius 3 is 2.78 bits per heavy atom. The lowest BCUT2D eigenvalue weighted by atomic mass is 9.85. The van der Waals surface area contributed by atoms with Crippen molar-refractivity contribution in [1.82, 2.24) is 24.8 Å². The van der Waals surface area contributed by atoms with E-state index in [2.05, 4.69) is 44.1 Å². The fourth-order valence-corrected chi connectivity index (χ4v) is 5.78. The first-order valence-corrected chi connectivity index (χ1v) is 11.7. The lowest BCUT2D eigenvalue weighted by molar-refractivity contribution is -0.122. The van der Waals surface area contributed by atoms with Crippen molar-refractivity contribution in [3.8, 4) is 0 Å². The summed E-state index contributed by atoms with van der Waals surface area (Å²) in [6.45, 7) is 2.72. The third kappa shape index (κ3) is 3.69. The molecular weight excluding hydrogens is 402 g/mol. The molecule has 3 aliphatic rings. The highest BCUT2D eigenvalue weighted by atomic mass is 16.5. The van der Waals surface area contributed by atoms with Gasteiger partial charge in [-0.15, -0.1) is 0 Å². The van der Waals surface area contributed by atoms with Crippen LogP contribution in [0, 0.1) is 0 Å². The normalized spacial score (nSPS) is 27.3. The van der Waals surface area contributed by atoms with Gasteiger partial charge in [-0.05, 0) is 43.7 Å². The van der Waals surface area contributed by atoms with Gasteiger partial charge < -0.3 is 19.5 Å². The van der Waals surface area contributed by atoms with Crippen molar-refractivity contribution in [3.05, 3.63) is 60.0 Å². The van der Waals surface area contributed by atoms with Crippen LogP contribution in [0.3, 0.4) is 0 Å².